The third-order valence-electron chi connectivity index (χ3n) is 4.83. The van der Waals surface area contributed by atoms with Gasteiger partial charge in [-0.05, 0) is 37.3 Å². The van der Waals surface area contributed by atoms with Gasteiger partial charge in [-0.2, -0.15) is 0 Å². The molecule has 4 rings (SSSR count). The van der Waals surface area contributed by atoms with Gasteiger partial charge in [0.25, 0.3) is 17.7 Å². The average molecular weight is 408 g/mol. The molecule has 0 spiro atoms. The molecule has 3 amide bonds. The van der Waals surface area contributed by atoms with Gasteiger partial charge < -0.3 is 14.8 Å². The van der Waals surface area contributed by atoms with E-state index in [4.69, 9.17) is 9.47 Å². The number of carbonyl (C=O) groups is 5. The van der Waals surface area contributed by atoms with Crippen molar-refractivity contribution in [3.05, 3.63) is 59.2 Å². The summed E-state index contributed by atoms with van der Waals surface area (Å²) in [5, 5.41) is 2.59. The predicted molar refractivity (Wildman–Crippen MR) is 102 cm³/mol. The van der Waals surface area contributed by atoms with Crippen LogP contribution in [-0.4, -0.2) is 53.6 Å². The third kappa shape index (κ3) is 3.30. The van der Waals surface area contributed by atoms with Gasteiger partial charge in [-0.25, -0.2) is 4.79 Å². The SMILES string of the molecule is CC(C(=O)OCC(=O)c1ccc2c(c1)NC(=O)CO2)N1C(=O)c2ccccc2C1=O. The lowest BCUT2D eigenvalue weighted by molar-refractivity contribution is -0.146. The van der Waals surface area contributed by atoms with E-state index in [0.29, 0.717) is 11.4 Å². The van der Waals surface area contributed by atoms with Gasteiger partial charge in [0.15, 0.2) is 19.0 Å². The van der Waals surface area contributed by atoms with Crippen molar-refractivity contribution in [1.82, 2.24) is 4.90 Å². The van der Waals surface area contributed by atoms with Gasteiger partial charge in [0.1, 0.15) is 11.8 Å². The monoisotopic (exact) mass is 408 g/mol. The Labute approximate surface area is 170 Å². The number of anilines is 1. The Kier molecular flexibility index (Phi) is 4.78. The van der Waals surface area contributed by atoms with Gasteiger partial charge in [0.2, 0.25) is 0 Å². The molecule has 1 N–H and O–H groups in total. The Morgan fingerprint density at radius 1 is 1.10 bits per heavy atom. The molecule has 9 nitrogen and oxygen atoms in total. The summed E-state index contributed by atoms with van der Waals surface area (Å²) in [6.07, 6.45) is 0. The number of nitrogens with zero attached hydrogens (tertiary/aromatic N) is 1. The molecule has 1 atom stereocenters. The van der Waals surface area contributed by atoms with E-state index in [2.05, 4.69) is 5.32 Å². The Morgan fingerprint density at radius 2 is 1.77 bits per heavy atom. The maximum Gasteiger partial charge on any atom is 0.329 e. The maximum atomic E-state index is 12.5. The van der Waals surface area contributed by atoms with Crippen LogP contribution in [0.5, 0.6) is 5.75 Å². The zero-order valence-corrected chi connectivity index (χ0v) is 15.8. The number of rotatable bonds is 5. The van der Waals surface area contributed by atoms with Gasteiger partial charge in [-0.3, -0.25) is 24.1 Å². The van der Waals surface area contributed by atoms with Gasteiger partial charge in [-0.1, -0.05) is 12.1 Å². The fourth-order valence-corrected chi connectivity index (χ4v) is 3.26. The first-order valence-electron chi connectivity index (χ1n) is 9.10. The van der Waals surface area contributed by atoms with Crippen molar-refractivity contribution in [2.75, 3.05) is 18.5 Å². The Hall–Kier alpha value is -4.01. The summed E-state index contributed by atoms with van der Waals surface area (Å²) in [6, 6.07) is 9.52. The van der Waals surface area contributed by atoms with Crippen LogP contribution in [0.15, 0.2) is 42.5 Å². The minimum atomic E-state index is -1.19. The van der Waals surface area contributed by atoms with Crippen LogP contribution in [-0.2, 0) is 14.3 Å². The largest absolute Gasteiger partial charge is 0.482 e. The Morgan fingerprint density at radius 3 is 2.43 bits per heavy atom. The molecule has 0 aliphatic carbocycles. The van der Waals surface area contributed by atoms with Gasteiger partial charge in [0, 0.05) is 5.56 Å². The number of esters is 1. The minimum Gasteiger partial charge on any atom is -0.482 e. The molecule has 9 heteroatoms. The average Bonchev–Trinajstić information content (AvgIpc) is 3.01. The molecular formula is C21H16N2O7. The summed E-state index contributed by atoms with van der Waals surface area (Å²) in [7, 11) is 0. The lowest BCUT2D eigenvalue weighted by Crippen LogP contribution is -2.44. The first kappa shape index (κ1) is 19.3. The number of fused-ring (bicyclic) bond motifs is 2. The summed E-state index contributed by atoms with van der Waals surface area (Å²) in [5.74, 6) is -2.47. The van der Waals surface area contributed by atoms with E-state index < -0.39 is 36.2 Å². The first-order chi connectivity index (χ1) is 14.4. The number of hydrogen-bond acceptors (Lipinski definition) is 7. The maximum absolute atomic E-state index is 12.5. The molecule has 2 aromatic carbocycles. The van der Waals surface area contributed by atoms with Crippen LogP contribution in [0.1, 0.15) is 38.0 Å². The van der Waals surface area contributed by atoms with E-state index in [0.717, 1.165) is 4.90 Å². The van der Waals surface area contributed by atoms with Crippen LogP contribution in [0.2, 0.25) is 0 Å². The molecule has 30 heavy (non-hydrogen) atoms. The van der Waals surface area contributed by atoms with Crippen molar-refractivity contribution in [2.45, 2.75) is 13.0 Å². The highest BCUT2D eigenvalue weighted by Crippen LogP contribution is 2.29. The zero-order chi connectivity index (χ0) is 21.4. The van der Waals surface area contributed by atoms with Crippen LogP contribution < -0.4 is 10.1 Å². The fourth-order valence-electron chi connectivity index (χ4n) is 3.26. The summed E-state index contributed by atoms with van der Waals surface area (Å²) in [4.78, 5) is 61.9. The summed E-state index contributed by atoms with van der Waals surface area (Å²) >= 11 is 0. The van der Waals surface area contributed by atoms with Crippen LogP contribution >= 0.6 is 0 Å². The van der Waals surface area contributed by atoms with E-state index in [-0.39, 0.29) is 29.2 Å². The quantitative estimate of drug-likeness (QED) is 0.451. The van der Waals surface area contributed by atoms with Crippen LogP contribution in [0.3, 0.4) is 0 Å². The summed E-state index contributed by atoms with van der Waals surface area (Å²) in [5.41, 5.74) is 0.997. The van der Waals surface area contributed by atoms with Gasteiger partial charge in [0.05, 0.1) is 16.8 Å². The number of nitrogens with one attached hydrogen (secondary N) is 1. The number of amides is 3. The van der Waals surface area contributed by atoms with Crippen molar-refractivity contribution in [3.63, 3.8) is 0 Å². The standard InChI is InChI=1S/C21H16N2O7/c1-11(23-19(26)13-4-2-3-5-14(13)20(23)27)21(28)30-9-16(24)12-6-7-17-15(8-12)22-18(25)10-29-17/h2-8,11H,9-10H2,1H3,(H,22,25). The predicted octanol–water partition coefficient (Wildman–Crippen LogP) is 1.43. The van der Waals surface area contributed by atoms with E-state index in [1.165, 1.54) is 37.3 Å². The van der Waals surface area contributed by atoms with Crippen molar-refractivity contribution in [3.8, 4) is 5.75 Å². The number of Topliss-reactive ketones (excluding diaryl/α,β-unsaturated/α-hetero) is 1. The molecule has 0 radical (unpaired) electrons. The first-order valence-corrected chi connectivity index (χ1v) is 9.10. The topological polar surface area (TPSA) is 119 Å². The smallest absolute Gasteiger partial charge is 0.329 e. The van der Waals surface area contributed by atoms with E-state index in [9.17, 15) is 24.0 Å². The third-order valence-corrected chi connectivity index (χ3v) is 4.83. The number of carbonyl (C=O) groups excluding carboxylic acids is 5. The van der Waals surface area contributed by atoms with E-state index >= 15 is 0 Å². The molecule has 2 aromatic rings. The molecule has 152 valence electrons. The highest BCUT2D eigenvalue weighted by Gasteiger charge is 2.41. The second-order valence-corrected chi connectivity index (χ2v) is 6.78. The van der Waals surface area contributed by atoms with Crippen LogP contribution in [0.25, 0.3) is 0 Å². The number of hydrogen-bond donors (Lipinski definition) is 1. The molecular weight excluding hydrogens is 392 g/mol. The Balaban J connectivity index is 1.41. The summed E-state index contributed by atoms with van der Waals surface area (Å²) < 4.78 is 10.3. The number of ketones is 1. The fraction of sp³-hybridized carbons (Fsp3) is 0.190. The second kappa shape index (κ2) is 7.43. The normalized spacial score (nSPS) is 15.6. The van der Waals surface area contributed by atoms with Gasteiger partial charge >= 0.3 is 5.97 Å². The van der Waals surface area contributed by atoms with Crippen molar-refractivity contribution < 1.29 is 33.4 Å². The molecule has 0 fully saturated rings. The minimum absolute atomic E-state index is 0.104. The summed E-state index contributed by atoms with van der Waals surface area (Å²) in [6.45, 7) is 0.674. The number of benzene rings is 2. The molecule has 0 bridgehead atoms. The number of ether oxygens (including phenoxy) is 2. The van der Waals surface area contributed by atoms with Crippen molar-refractivity contribution in [1.29, 1.82) is 0 Å². The zero-order valence-electron chi connectivity index (χ0n) is 15.8. The lowest BCUT2D eigenvalue weighted by Gasteiger charge is -2.21. The van der Waals surface area contributed by atoms with Crippen molar-refractivity contribution in [2.24, 2.45) is 0 Å². The van der Waals surface area contributed by atoms with Gasteiger partial charge in [-0.15, -0.1) is 0 Å². The van der Waals surface area contributed by atoms with E-state index in [1.54, 1.807) is 12.1 Å². The molecule has 2 heterocycles. The highest BCUT2D eigenvalue weighted by atomic mass is 16.5. The Bertz CT molecular complexity index is 1070. The molecule has 2 aliphatic heterocycles. The molecule has 0 saturated carbocycles. The van der Waals surface area contributed by atoms with Crippen LogP contribution in [0.4, 0.5) is 5.69 Å². The molecule has 1 unspecified atom stereocenters. The lowest BCUT2D eigenvalue weighted by atomic mass is 10.1. The number of imide groups is 1. The van der Waals surface area contributed by atoms with Crippen molar-refractivity contribution >= 4 is 35.2 Å². The molecule has 2 aliphatic rings. The van der Waals surface area contributed by atoms with E-state index in [1.807, 2.05) is 0 Å². The molecule has 0 saturated heterocycles. The second-order valence-electron chi connectivity index (χ2n) is 6.78. The highest BCUT2D eigenvalue weighted by molar-refractivity contribution is 6.22. The van der Waals surface area contributed by atoms with Crippen LogP contribution in [0, 0.1) is 0 Å². The molecule has 0 aromatic heterocycles.